The van der Waals surface area contributed by atoms with Crippen LogP contribution in [0.15, 0.2) is 72.1 Å². The average Bonchev–Trinajstić information content (AvgIpc) is 3.27. The molecule has 0 unspecified atom stereocenters. The second kappa shape index (κ2) is 9.48. The summed E-state index contributed by atoms with van der Waals surface area (Å²) in [4.78, 5) is 36.6. The molecule has 2 aromatic carbocycles. The van der Waals surface area contributed by atoms with Crippen molar-refractivity contribution in [1.82, 2.24) is 0 Å². The first-order valence-corrected chi connectivity index (χ1v) is 9.35. The van der Waals surface area contributed by atoms with E-state index < -0.39 is 11.9 Å². The highest BCUT2D eigenvalue weighted by atomic mass is 32.1. The summed E-state index contributed by atoms with van der Waals surface area (Å²) in [5.41, 5.74) is 1.21. The van der Waals surface area contributed by atoms with Crippen molar-refractivity contribution >= 4 is 34.9 Å². The number of ether oxygens (including phenoxy) is 2. The van der Waals surface area contributed by atoms with E-state index in [4.69, 9.17) is 9.47 Å². The lowest BCUT2D eigenvalue weighted by molar-refractivity contribution is 0.0265. The van der Waals surface area contributed by atoms with Crippen LogP contribution in [0.1, 0.15) is 30.4 Å². The molecular weight excluding hydrogens is 378 g/mol. The lowest BCUT2D eigenvalue weighted by Gasteiger charge is -2.08. The number of hydrogen-bond acceptors (Lipinski definition) is 6. The number of amides is 1. The third kappa shape index (κ3) is 5.28. The zero-order valence-corrected chi connectivity index (χ0v) is 15.6. The van der Waals surface area contributed by atoms with Crippen molar-refractivity contribution < 1.29 is 23.9 Å². The molecule has 0 saturated heterocycles. The molecule has 1 N–H and O–H groups in total. The first-order chi connectivity index (χ1) is 13.6. The number of benzene rings is 2. The van der Waals surface area contributed by atoms with Crippen molar-refractivity contribution in [2.75, 3.05) is 18.5 Å². The van der Waals surface area contributed by atoms with Crippen LogP contribution >= 0.6 is 11.3 Å². The van der Waals surface area contributed by atoms with Gasteiger partial charge in [0.1, 0.15) is 13.2 Å². The topological polar surface area (TPSA) is 81.7 Å². The number of hydrogen-bond donors (Lipinski definition) is 1. The van der Waals surface area contributed by atoms with Crippen LogP contribution in [0, 0.1) is 0 Å². The Morgan fingerprint density at radius 1 is 0.786 bits per heavy atom. The number of carbonyl (C=O) groups excluding carboxylic acids is 3. The van der Waals surface area contributed by atoms with E-state index >= 15 is 0 Å². The molecule has 0 fully saturated rings. The van der Waals surface area contributed by atoms with Gasteiger partial charge in [-0.2, -0.15) is 0 Å². The van der Waals surface area contributed by atoms with Crippen LogP contribution in [0.2, 0.25) is 0 Å². The van der Waals surface area contributed by atoms with Crippen LogP contribution < -0.4 is 5.32 Å². The van der Waals surface area contributed by atoms with Crippen molar-refractivity contribution in [1.29, 1.82) is 0 Å². The van der Waals surface area contributed by atoms with E-state index in [0.717, 1.165) is 0 Å². The van der Waals surface area contributed by atoms with Gasteiger partial charge in [-0.1, -0.05) is 30.3 Å². The summed E-state index contributed by atoms with van der Waals surface area (Å²) in [5, 5.41) is 4.55. The smallest absolute Gasteiger partial charge is 0.338 e. The molecule has 0 atom stereocenters. The Bertz CT molecular complexity index is 954. The van der Waals surface area contributed by atoms with Gasteiger partial charge in [-0.25, -0.2) is 9.59 Å². The highest BCUT2D eigenvalue weighted by Crippen LogP contribution is 2.15. The van der Waals surface area contributed by atoms with Crippen LogP contribution in [-0.4, -0.2) is 31.1 Å². The van der Waals surface area contributed by atoms with E-state index in [1.165, 1.54) is 17.4 Å². The Morgan fingerprint density at radius 2 is 1.46 bits per heavy atom. The molecule has 0 aliphatic heterocycles. The molecule has 1 heterocycles. The standard InChI is InChI=1S/C21H17NO5S/c23-19(18-10-5-13-28-18)22-17-9-4-8-16(14-17)21(25)27-12-11-26-20(24)15-6-2-1-3-7-15/h1-10,13-14H,11-12H2,(H,22,23). The maximum atomic E-state index is 12.2. The SMILES string of the molecule is O=C(OCCOC(=O)c1cccc(NC(=O)c2cccs2)c1)c1ccccc1. The van der Waals surface area contributed by atoms with Crippen LogP contribution in [0.4, 0.5) is 5.69 Å². The second-order valence-electron chi connectivity index (χ2n) is 5.65. The zero-order chi connectivity index (χ0) is 19.8. The summed E-state index contributed by atoms with van der Waals surface area (Å²) in [6, 6.07) is 18.5. The third-order valence-electron chi connectivity index (χ3n) is 3.66. The predicted octanol–water partition coefficient (Wildman–Crippen LogP) is 4.01. The van der Waals surface area contributed by atoms with Gasteiger partial charge in [0, 0.05) is 5.69 Å². The highest BCUT2D eigenvalue weighted by molar-refractivity contribution is 7.12. The van der Waals surface area contributed by atoms with E-state index in [1.807, 2.05) is 5.38 Å². The maximum absolute atomic E-state index is 12.2. The molecule has 28 heavy (non-hydrogen) atoms. The number of thiophene rings is 1. The summed E-state index contributed by atoms with van der Waals surface area (Å²) in [6.07, 6.45) is 0. The number of nitrogens with one attached hydrogen (secondary N) is 1. The van der Waals surface area contributed by atoms with E-state index in [0.29, 0.717) is 21.7 Å². The minimum Gasteiger partial charge on any atom is -0.458 e. The van der Waals surface area contributed by atoms with Crippen LogP contribution in [-0.2, 0) is 9.47 Å². The van der Waals surface area contributed by atoms with Crippen molar-refractivity contribution in [3.8, 4) is 0 Å². The Kier molecular flexibility index (Phi) is 6.54. The lowest BCUT2D eigenvalue weighted by atomic mass is 10.2. The van der Waals surface area contributed by atoms with E-state index in [9.17, 15) is 14.4 Å². The third-order valence-corrected chi connectivity index (χ3v) is 4.53. The summed E-state index contributed by atoms with van der Waals surface area (Å²) in [5.74, 6) is -1.29. The average molecular weight is 395 g/mol. The Morgan fingerprint density at radius 3 is 2.14 bits per heavy atom. The molecule has 0 aliphatic carbocycles. The molecule has 3 rings (SSSR count). The van der Waals surface area contributed by atoms with Crippen molar-refractivity contribution in [2.24, 2.45) is 0 Å². The van der Waals surface area contributed by atoms with E-state index in [2.05, 4.69) is 5.32 Å². The molecule has 3 aromatic rings. The van der Waals surface area contributed by atoms with Crippen LogP contribution in [0.25, 0.3) is 0 Å². The fourth-order valence-electron chi connectivity index (χ4n) is 2.33. The van der Waals surface area contributed by atoms with Gasteiger partial charge >= 0.3 is 11.9 Å². The molecule has 0 radical (unpaired) electrons. The van der Waals surface area contributed by atoms with Gasteiger partial charge in [0.2, 0.25) is 0 Å². The Hall–Kier alpha value is -3.45. The minimum atomic E-state index is -0.567. The molecule has 6 nitrogen and oxygen atoms in total. The molecule has 142 valence electrons. The quantitative estimate of drug-likeness (QED) is 0.483. The van der Waals surface area contributed by atoms with Crippen LogP contribution in [0.5, 0.6) is 0 Å². The predicted molar refractivity (Wildman–Crippen MR) is 106 cm³/mol. The number of carbonyl (C=O) groups is 3. The Balaban J connectivity index is 1.48. The first-order valence-electron chi connectivity index (χ1n) is 8.48. The highest BCUT2D eigenvalue weighted by Gasteiger charge is 2.12. The van der Waals surface area contributed by atoms with Gasteiger partial charge in [0.25, 0.3) is 5.91 Å². The zero-order valence-electron chi connectivity index (χ0n) is 14.8. The molecular formula is C21H17NO5S. The van der Waals surface area contributed by atoms with E-state index in [1.54, 1.807) is 60.7 Å². The number of rotatable bonds is 7. The van der Waals surface area contributed by atoms with Crippen molar-refractivity contribution in [3.05, 3.63) is 88.1 Å². The summed E-state index contributed by atoms with van der Waals surface area (Å²) in [7, 11) is 0. The number of esters is 2. The van der Waals surface area contributed by atoms with Gasteiger partial charge in [0.05, 0.1) is 16.0 Å². The first kappa shape index (κ1) is 19.3. The minimum absolute atomic E-state index is 0.0473. The van der Waals surface area contributed by atoms with Gasteiger partial charge in [-0.05, 0) is 41.8 Å². The lowest BCUT2D eigenvalue weighted by Crippen LogP contribution is -2.15. The Labute approximate surface area is 165 Å². The van der Waals surface area contributed by atoms with E-state index in [-0.39, 0.29) is 19.1 Å². The molecule has 1 aromatic heterocycles. The monoisotopic (exact) mass is 395 g/mol. The molecule has 0 aliphatic rings. The summed E-state index contributed by atoms with van der Waals surface area (Å²) >= 11 is 1.33. The fraction of sp³-hybridized carbons (Fsp3) is 0.0952. The summed E-state index contributed by atoms with van der Waals surface area (Å²) < 4.78 is 10.2. The normalized spacial score (nSPS) is 10.1. The fourth-order valence-corrected chi connectivity index (χ4v) is 2.95. The molecule has 0 bridgehead atoms. The van der Waals surface area contributed by atoms with Gasteiger partial charge < -0.3 is 14.8 Å². The summed E-state index contributed by atoms with van der Waals surface area (Å²) in [6.45, 7) is -0.114. The number of anilines is 1. The van der Waals surface area contributed by atoms with Gasteiger partial charge in [-0.15, -0.1) is 11.3 Å². The maximum Gasteiger partial charge on any atom is 0.338 e. The molecule has 0 saturated carbocycles. The molecule has 7 heteroatoms. The second-order valence-corrected chi connectivity index (χ2v) is 6.60. The van der Waals surface area contributed by atoms with Gasteiger partial charge in [-0.3, -0.25) is 4.79 Å². The molecule has 1 amide bonds. The van der Waals surface area contributed by atoms with Crippen LogP contribution in [0.3, 0.4) is 0 Å². The van der Waals surface area contributed by atoms with Gasteiger partial charge in [0.15, 0.2) is 0 Å². The van der Waals surface area contributed by atoms with Crippen molar-refractivity contribution in [2.45, 2.75) is 0 Å². The van der Waals surface area contributed by atoms with Crippen molar-refractivity contribution in [3.63, 3.8) is 0 Å². The molecule has 0 spiro atoms. The largest absolute Gasteiger partial charge is 0.458 e.